The lowest BCUT2D eigenvalue weighted by Crippen LogP contribution is -2.43. The van der Waals surface area contributed by atoms with Crippen LogP contribution < -0.4 is 15.0 Å². The Labute approximate surface area is 153 Å². The van der Waals surface area contributed by atoms with E-state index in [9.17, 15) is 4.79 Å². The van der Waals surface area contributed by atoms with E-state index >= 15 is 0 Å². The fraction of sp³-hybridized carbons (Fsp3) is 0.381. The summed E-state index contributed by atoms with van der Waals surface area (Å²) < 4.78 is 11.2. The van der Waals surface area contributed by atoms with Gasteiger partial charge in [0.1, 0.15) is 11.9 Å². The number of ether oxygens (including phenoxy) is 2. The maximum absolute atomic E-state index is 12.6. The third-order valence-electron chi connectivity index (χ3n) is 5.01. The van der Waals surface area contributed by atoms with Crippen LogP contribution in [0, 0.1) is 0 Å². The van der Waals surface area contributed by atoms with Crippen LogP contribution in [0.1, 0.15) is 34.5 Å². The van der Waals surface area contributed by atoms with Crippen molar-refractivity contribution in [3.05, 3.63) is 59.2 Å². The molecule has 2 aliphatic rings. The third-order valence-corrected chi connectivity index (χ3v) is 5.01. The Morgan fingerprint density at radius 1 is 1.15 bits per heavy atom. The molecule has 1 saturated heterocycles. The van der Waals surface area contributed by atoms with E-state index in [2.05, 4.69) is 22.3 Å². The average molecular weight is 352 g/mol. The van der Waals surface area contributed by atoms with E-state index < -0.39 is 0 Å². The number of esters is 1. The molecule has 26 heavy (non-hydrogen) atoms. The molecule has 2 aromatic carbocycles. The lowest BCUT2D eigenvalue weighted by Gasteiger charge is -2.31. The molecule has 1 N–H and O–H groups in total. The van der Waals surface area contributed by atoms with Gasteiger partial charge in [-0.05, 0) is 42.3 Å². The highest BCUT2D eigenvalue weighted by molar-refractivity contribution is 5.93. The second kappa shape index (κ2) is 7.38. The molecule has 1 atom stereocenters. The molecule has 4 rings (SSSR count). The van der Waals surface area contributed by atoms with Crippen molar-refractivity contribution in [1.29, 1.82) is 0 Å². The first-order valence-corrected chi connectivity index (χ1v) is 9.27. The Hall–Kier alpha value is -2.53. The highest BCUT2D eigenvalue weighted by Crippen LogP contribution is 2.33. The maximum atomic E-state index is 12.6. The number of fused-ring (bicyclic) bond motifs is 1. The van der Waals surface area contributed by atoms with Crippen molar-refractivity contribution in [1.82, 2.24) is 5.32 Å². The molecule has 5 heteroatoms. The van der Waals surface area contributed by atoms with Crippen molar-refractivity contribution in [3.63, 3.8) is 0 Å². The van der Waals surface area contributed by atoms with Crippen LogP contribution in [0.5, 0.6) is 5.75 Å². The van der Waals surface area contributed by atoms with Crippen LogP contribution >= 0.6 is 0 Å². The van der Waals surface area contributed by atoms with E-state index in [1.54, 1.807) is 0 Å². The van der Waals surface area contributed by atoms with Crippen molar-refractivity contribution >= 4 is 11.7 Å². The van der Waals surface area contributed by atoms with Crippen molar-refractivity contribution in [2.45, 2.75) is 19.4 Å². The molecule has 0 aromatic heterocycles. The molecule has 2 aliphatic heterocycles. The minimum atomic E-state index is -0.240. The van der Waals surface area contributed by atoms with E-state index in [0.29, 0.717) is 18.6 Å². The fourth-order valence-electron chi connectivity index (χ4n) is 3.62. The van der Waals surface area contributed by atoms with E-state index in [1.807, 2.05) is 37.3 Å². The quantitative estimate of drug-likeness (QED) is 0.858. The molecule has 136 valence electrons. The highest BCUT2D eigenvalue weighted by Gasteiger charge is 2.28. The molecular weight excluding hydrogens is 328 g/mol. The predicted octanol–water partition coefficient (Wildman–Crippen LogP) is 2.95. The van der Waals surface area contributed by atoms with Gasteiger partial charge in [0.2, 0.25) is 0 Å². The Balaban J connectivity index is 1.54. The average Bonchev–Trinajstić information content (AvgIpc) is 2.69. The van der Waals surface area contributed by atoms with Gasteiger partial charge in [0.15, 0.2) is 0 Å². The van der Waals surface area contributed by atoms with Gasteiger partial charge < -0.3 is 19.7 Å². The number of hydrogen-bond acceptors (Lipinski definition) is 5. The van der Waals surface area contributed by atoms with Gasteiger partial charge in [-0.1, -0.05) is 18.2 Å². The van der Waals surface area contributed by atoms with Gasteiger partial charge in [-0.3, -0.25) is 0 Å². The van der Waals surface area contributed by atoms with Crippen LogP contribution in [0.25, 0.3) is 0 Å². The summed E-state index contributed by atoms with van der Waals surface area (Å²) in [6.45, 7) is 6.47. The number of carbonyl (C=O) groups excluding carboxylic acids is 1. The number of carbonyl (C=O) groups is 1. The van der Waals surface area contributed by atoms with Gasteiger partial charge in [0, 0.05) is 38.3 Å². The Bertz CT molecular complexity index is 782. The zero-order valence-corrected chi connectivity index (χ0v) is 15.0. The molecule has 1 fully saturated rings. The molecule has 0 amide bonds. The van der Waals surface area contributed by atoms with Crippen molar-refractivity contribution in [2.75, 3.05) is 37.7 Å². The first kappa shape index (κ1) is 16.9. The van der Waals surface area contributed by atoms with Crippen LogP contribution in [-0.4, -0.2) is 38.8 Å². The Morgan fingerprint density at radius 3 is 2.65 bits per heavy atom. The number of anilines is 1. The topological polar surface area (TPSA) is 50.8 Å². The van der Waals surface area contributed by atoms with E-state index in [4.69, 9.17) is 9.47 Å². The number of nitrogens with zero attached hydrogens (tertiary/aromatic N) is 1. The summed E-state index contributed by atoms with van der Waals surface area (Å²) in [5.41, 5.74) is 3.85. The molecule has 0 saturated carbocycles. The smallest absolute Gasteiger partial charge is 0.339 e. The summed E-state index contributed by atoms with van der Waals surface area (Å²) in [5, 5.41) is 3.35. The lowest BCUT2D eigenvalue weighted by molar-refractivity contribution is 0.0253. The number of hydrogen-bond donors (Lipinski definition) is 1. The maximum Gasteiger partial charge on any atom is 0.339 e. The summed E-state index contributed by atoms with van der Waals surface area (Å²) in [6, 6.07) is 14.0. The SMILES string of the molecule is CCOc1ccc(C2Cc3ccc(N4CCNCC4)cc3C(=O)O2)cc1. The minimum Gasteiger partial charge on any atom is -0.494 e. The summed E-state index contributed by atoms with van der Waals surface area (Å²) in [6.07, 6.45) is 0.465. The number of benzene rings is 2. The number of piperazine rings is 1. The molecule has 5 nitrogen and oxygen atoms in total. The molecule has 0 spiro atoms. The predicted molar refractivity (Wildman–Crippen MR) is 101 cm³/mol. The molecule has 0 aliphatic carbocycles. The van der Waals surface area contributed by atoms with Gasteiger partial charge in [-0.2, -0.15) is 0 Å². The van der Waals surface area contributed by atoms with Crippen molar-refractivity contribution < 1.29 is 14.3 Å². The molecule has 1 unspecified atom stereocenters. The van der Waals surface area contributed by atoms with Crippen molar-refractivity contribution in [3.8, 4) is 5.75 Å². The first-order chi connectivity index (χ1) is 12.7. The zero-order chi connectivity index (χ0) is 17.9. The Kier molecular flexibility index (Phi) is 4.80. The van der Waals surface area contributed by atoms with Gasteiger partial charge in [-0.15, -0.1) is 0 Å². The van der Waals surface area contributed by atoms with Crippen LogP contribution in [0.4, 0.5) is 5.69 Å². The van der Waals surface area contributed by atoms with Crippen LogP contribution in [0.3, 0.4) is 0 Å². The largest absolute Gasteiger partial charge is 0.494 e. The van der Waals surface area contributed by atoms with E-state index in [0.717, 1.165) is 48.7 Å². The van der Waals surface area contributed by atoms with Gasteiger partial charge >= 0.3 is 5.97 Å². The minimum absolute atomic E-state index is 0.234. The fourth-order valence-corrected chi connectivity index (χ4v) is 3.62. The summed E-state index contributed by atoms with van der Waals surface area (Å²) >= 11 is 0. The molecule has 0 bridgehead atoms. The number of rotatable bonds is 4. The second-order valence-corrected chi connectivity index (χ2v) is 6.68. The van der Waals surface area contributed by atoms with Crippen LogP contribution in [0.2, 0.25) is 0 Å². The number of cyclic esters (lactones) is 1. The normalized spacial score (nSPS) is 19.7. The van der Waals surface area contributed by atoms with Crippen molar-refractivity contribution in [2.24, 2.45) is 0 Å². The molecule has 2 aromatic rings. The monoisotopic (exact) mass is 352 g/mol. The lowest BCUT2D eigenvalue weighted by atomic mass is 9.94. The summed E-state index contributed by atoms with van der Waals surface area (Å²) in [7, 11) is 0. The van der Waals surface area contributed by atoms with E-state index in [-0.39, 0.29) is 12.1 Å². The number of nitrogens with one attached hydrogen (secondary N) is 1. The highest BCUT2D eigenvalue weighted by atomic mass is 16.5. The van der Waals surface area contributed by atoms with Gasteiger partial charge in [0.05, 0.1) is 12.2 Å². The van der Waals surface area contributed by atoms with Gasteiger partial charge in [0.25, 0.3) is 0 Å². The van der Waals surface area contributed by atoms with E-state index in [1.165, 1.54) is 0 Å². The first-order valence-electron chi connectivity index (χ1n) is 9.27. The van der Waals surface area contributed by atoms with Crippen LogP contribution in [-0.2, 0) is 11.2 Å². The van der Waals surface area contributed by atoms with Crippen LogP contribution in [0.15, 0.2) is 42.5 Å². The Morgan fingerprint density at radius 2 is 1.92 bits per heavy atom. The second-order valence-electron chi connectivity index (χ2n) is 6.68. The standard InChI is InChI=1S/C21H24N2O3/c1-2-25-18-7-4-15(5-8-18)20-13-16-3-6-17(14-19(16)21(24)26-20)23-11-9-22-10-12-23/h3-8,14,20,22H,2,9-13H2,1H3. The molecule has 2 heterocycles. The summed E-state index contributed by atoms with van der Waals surface area (Å²) in [5.74, 6) is 0.599. The van der Waals surface area contributed by atoms with Gasteiger partial charge in [-0.25, -0.2) is 4.79 Å². The molecule has 0 radical (unpaired) electrons. The third kappa shape index (κ3) is 3.40. The zero-order valence-electron chi connectivity index (χ0n) is 15.0. The summed E-state index contributed by atoms with van der Waals surface area (Å²) in [4.78, 5) is 14.9. The molecular formula is C21H24N2O3.